The number of carbonyl (C=O) groups is 2. The molecule has 1 aliphatic rings. The number of halogens is 2. The molecule has 1 saturated carbocycles. The highest BCUT2D eigenvalue weighted by Crippen LogP contribution is 2.17. The van der Waals surface area contributed by atoms with Crippen molar-refractivity contribution in [1.29, 1.82) is 0 Å². The van der Waals surface area contributed by atoms with Crippen LogP contribution in [0.25, 0.3) is 0 Å². The first-order valence-electron chi connectivity index (χ1n) is 8.78. The summed E-state index contributed by atoms with van der Waals surface area (Å²) in [5.41, 5.74) is 0.574. The van der Waals surface area contributed by atoms with Gasteiger partial charge < -0.3 is 10.6 Å². The van der Waals surface area contributed by atoms with Crippen LogP contribution in [-0.2, 0) is 4.79 Å². The molecule has 2 rings (SSSR count). The summed E-state index contributed by atoms with van der Waals surface area (Å²) in [6.07, 6.45) is 5.25. The van der Waals surface area contributed by atoms with Crippen LogP contribution in [0.15, 0.2) is 18.2 Å². The van der Waals surface area contributed by atoms with Gasteiger partial charge in [-0.2, -0.15) is 0 Å². The van der Waals surface area contributed by atoms with Gasteiger partial charge in [0.25, 0.3) is 5.91 Å². The van der Waals surface area contributed by atoms with Gasteiger partial charge in [-0.05, 0) is 44.9 Å². The van der Waals surface area contributed by atoms with E-state index in [9.17, 15) is 18.4 Å². The molecule has 0 saturated heterocycles. The van der Waals surface area contributed by atoms with E-state index in [-0.39, 0.29) is 12.1 Å². The first kappa shape index (κ1) is 19.3. The van der Waals surface area contributed by atoms with Crippen molar-refractivity contribution in [2.75, 3.05) is 0 Å². The molecule has 25 heavy (non-hydrogen) atoms. The first-order valence-corrected chi connectivity index (χ1v) is 8.78. The maximum atomic E-state index is 13.3. The van der Waals surface area contributed by atoms with Gasteiger partial charge in [0, 0.05) is 11.6 Å². The van der Waals surface area contributed by atoms with E-state index in [2.05, 4.69) is 10.6 Å². The van der Waals surface area contributed by atoms with Crippen LogP contribution in [0.3, 0.4) is 0 Å². The molecule has 4 N–H and O–H groups in total. The summed E-state index contributed by atoms with van der Waals surface area (Å²) in [5, 5.41) is 6.88. The second kappa shape index (κ2) is 8.89. The summed E-state index contributed by atoms with van der Waals surface area (Å²) in [4.78, 5) is 24.1. The zero-order valence-corrected chi connectivity index (χ0v) is 14.6. The second-order valence-electron chi connectivity index (χ2n) is 6.74. The van der Waals surface area contributed by atoms with E-state index in [1.165, 1.54) is 12.5 Å². The third-order valence-electron chi connectivity index (χ3n) is 4.64. The quantitative estimate of drug-likeness (QED) is 0.758. The van der Waals surface area contributed by atoms with Gasteiger partial charge in [0.1, 0.15) is 6.04 Å². The van der Waals surface area contributed by atoms with Crippen LogP contribution in [0.5, 0.6) is 0 Å². The monoisotopic (exact) mass is 354 g/mol. The number of hydrogen-bond donors (Lipinski definition) is 3. The lowest BCUT2D eigenvalue weighted by Crippen LogP contribution is -2.92. The predicted octanol–water partition coefficient (Wildman–Crippen LogP) is 2.14. The number of carbonyl (C=O) groups excluding carboxylic acids is 2. The molecule has 0 heterocycles. The maximum Gasteiger partial charge on any atom is 0.321 e. The molecule has 0 radical (unpaired) electrons. The number of hydrogen-bond acceptors (Lipinski definition) is 2. The standard InChI is InChI=1S/C18H25F2N3O2/c1-11(13-8-9-15(19)16(20)10-13)21-12(2)17(24)23-18(25)22-14-6-4-3-5-7-14/h8-12,14,21H,3-7H2,1-2H3,(H2,22,23,24,25)/p+1/t11-,12+/m0/s1. The molecule has 0 aromatic heterocycles. The highest BCUT2D eigenvalue weighted by molar-refractivity contribution is 5.96. The Kier molecular flexibility index (Phi) is 6.87. The van der Waals surface area contributed by atoms with Crippen molar-refractivity contribution >= 4 is 11.9 Å². The minimum atomic E-state index is -0.915. The Morgan fingerprint density at radius 2 is 1.80 bits per heavy atom. The normalized spacial score (nSPS) is 17.6. The Labute approximate surface area is 146 Å². The second-order valence-corrected chi connectivity index (χ2v) is 6.74. The molecular formula is C18H26F2N3O2+. The van der Waals surface area contributed by atoms with Crippen molar-refractivity contribution in [3.05, 3.63) is 35.4 Å². The Morgan fingerprint density at radius 3 is 2.44 bits per heavy atom. The van der Waals surface area contributed by atoms with Crippen molar-refractivity contribution in [2.45, 2.75) is 64.1 Å². The highest BCUT2D eigenvalue weighted by Gasteiger charge is 2.24. The summed E-state index contributed by atoms with van der Waals surface area (Å²) >= 11 is 0. The fraction of sp³-hybridized carbons (Fsp3) is 0.556. The van der Waals surface area contributed by atoms with Crippen molar-refractivity contribution in [3.63, 3.8) is 0 Å². The molecule has 0 unspecified atom stereocenters. The van der Waals surface area contributed by atoms with Gasteiger partial charge in [-0.3, -0.25) is 10.1 Å². The van der Waals surface area contributed by atoms with E-state index in [0.29, 0.717) is 5.56 Å². The molecule has 138 valence electrons. The van der Waals surface area contributed by atoms with Crippen LogP contribution in [0.1, 0.15) is 57.6 Å². The van der Waals surface area contributed by atoms with Gasteiger partial charge in [0.15, 0.2) is 17.7 Å². The Bertz CT molecular complexity index is 618. The number of amides is 3. The number of urea groups is 1. The lowest BCUT2D eigenvalue weighted by molar-refractivity contribution is -0.710. The van der Waals surface area contributed by atoms with Gasteiger partial charge in [-0.1, -0.05) is 19.3 Å². The minimum Gasteiger partial charge on any atom is -0.335 e. The summed E-state index contributed by atoms with van der Waals surface area (Å²) in [5.74, 6) is -2.23. The third-order valence-corrected chi connectivity index (χ3v) is 4.64. The first-order chi connectivity index (χ1) is 11.9. The highest BCUT2D eigenvalue weighted by atomic mass is 19.2. The fourth-order valence-corrected chi connectivity index (χ4v) is 3.12. The fourth-order valence-electron chi connectivity index (χ4n) is 3.12. The zero-order chi connectivity index (χ0) is 18.4. The average Bonchev–Trinajstić information content (AvgIpc) is 2.57. The lowest BCUT2D eigenvalue weighted by atomic mass is 9.96. The number of quaternary nitrogens is 1. The van der Waals surface area contributed by atoms with Crippen molar-refractivity contribution in [3.8, 4) is 0 Å². The number of benzene rings is 1. The molecule has 7 heteroatoms. The molecule has 5 nitrogen and oxygen atoms in total. The van der Waals surface area contributed by atoms with Gasteiger partial charge in [-0.25, -0.2) is 13.6 Å². The van der Waals surface area contributed by atoms with Crippen LogP contribution >= 0.6 is 0 Å². The van der Waals surface area contributed by atoms with Crippen molar-refractivity contribution in [2.24, 2.45) is 0 Å². The van der Waals surface area contributed by atoms with Gasteiger partial charge in [0.2, 0.25) is 0 Å². The van der Waals surface area contributed by atoms with E-state index in [1.807, 2.05) is 0 Å². The van der Waals surface area contributed by atoms with Crippen LogP contribution in [0.4, 0.5) is 13.6 Å². The van der Waals surface area contributed by atoms with E-state index >= 15 is 0 Å². The Balaban J connectivity index is 1.82. The van der Waals surface area contributed by atoms with Crippen molar-refractivity contribution in [1.82, 2.24) is 10.6 Å². The average molecular weight is 354 g/mol. The molecule has 3 amide bonds. The smallest absolute Gasteiger partial charge is 0.321 e. The number of rotatable bonds is 5. The zero-order valence-electron chi connectivity index (χ0n) is 14.6. The Morgan fingerprint density at radius 1 is 1.12 bits per heavy atom. The van der Waals surface area contributed by atoms with Crippen LogP contribution in [-0.4, -0.2) is 24.0 Å². The molecule has 1 aliphatic carbocycles. The maximum absolute atomic E-state index is 13.3. The van der Waals surface area contributed by atoms with Gasteiger partial charge in [0.05, 0.1) is 0 Å². The SMILES string of the molecule is C[C@H]([NH2+][C@H](C)C(=O)NC(=O)NC1CCCCC1)c1ccc(F)c(F)c1. The molecular weight excluding hydrogens is 328 g/mol. The molecule has 1 aromatic rings. The summed E-state index contributed by atoms with van der Waals surface area (Å²) in [7, 11) is 0. The lowest BCUT2D eigenvalue weighted by Gasteiger charge is -2.23. The summed E-state index contributed by atoms with van der Waals surface area (Å²) in [6.45, 7) is 3.46. The van der Waals surface area contributed by atoms with Crippen LogP contribution < -0.4 is 16.0 Å². The number of imide groups is 1. The Hall–Kier alpha value is -2.02. The molecule has 0 spiro atoms. The predicted molar refractivity (Wildman–Crippen MR) is 89.7 cm³/mol. The van der Waals surface area contributed by atoms with Crippen molar-refractivity contribution < 1.29 is 23.7 Å². The van der Waals surface area contributed by atoms with E-state index in [0.717, 1.165) is 37.8 Å². The van der Waals surface area contributed by atoms with Crippen LogP contribution in [0.2, 0.25) is 0 Å². The van der Waals surface area contributed by atoms with E-state index in [4.69, 9.17) is 0 Å². The minimum absolute atomic E-state index is 0.127. The van der Waals surface area contributed by atoms with E-state index < -0.39 is 29.6 Å². The van der Waals surface area contributed by atoms with Gasteiger partial charge in [-0.15, -0.1) is 0 Å². The molecule has 1 aromatic carbocycles. The van der Waals surface area contributed by atoms with Crippen LogP contribution in [0, 0.1) is 11.6 Å². The largest absolute Gasteiger partial charge is 0.335 e. The third kappa shape index (κ3) is 5.77. The molecule has 0 aliphatic heterocycles. The molecule has 1 fully saturated rings. The molecule has 0 bridgehead atoms. The summed E-state index contributed by atoms with van der Waals surface area (Å²) < 4.78 is 26.3. The number of nitrogens with two attached hydrogens (primary N) is 1. The number of nitrogens with one attached hydrogen (secondary N) is 2. The topological polar surface area (TPSA) is 74.8 Å². The molecule has 2 atom stereocenters. The van der Waals surface area contributed by atoms with Gasteiger partial charge >= 0.3 is 6.03 Å². The van der Waals surface area contributed by atoms with E-state index in [1.54, 1.807) is 19.2 Å². The summed E-state index contributed by atoms with van der Waals surface area (Å²) in [6, 6.07) is 2.53.